The van der Waals surface area contributed by atoms with Gasteiger partial charge < -0.3 is 4.90 Å². The third kappa shape index (κ3) is 4.38. The average molecular weight is 309 g/mol. The van der Waals surface area contributed by atoms with Crippen LogP contribution in [0.1, 0.15) is 36.5 Å². The Morgan fingerprint density at radius 2 is 1.71 bits per heavy atom. The van der Waals surface area contributed by atoms with Gasteiger partial charge in [0.2, 0.25) is 0 Å². The Hall–Kier alpha value is -1.20. The molecular weight excluding hydrogens is 286 g/mol. The standard InChI is InChI=1S/C16H23NO3S/c1-13(12-17-10-4-3-5-11-17)16(18)14-6-8-15(9-7-14)21(2,19)20/h6-9,13H,3-5,10-12H2,1-2H3. The molecule has 0 aliphatic carbocycles. The van der Waals surface area contributed by atoms with E-state index < -0.39 is 9.84 Å². The molecule has 0 N–H and O–H groups in total. The number of carbonyl (C=O) groups is 1. The van der Waals surface area contributed by atoms with Gasteiger partial charge in [-0.05, 0) is 38.1 Å². The summed E-state index contributed by atoms with van der Waals surface area (Å²) >= 11 is 0. The first kappa shape index (κ1) is 16.2. The number of Topliss-reactive ketones (excluding diaryl/α,β-unsaturated/α-hetero) is 1. The van der Waals surface area contributed by atoms with Gasteiger partial charge in [-0.1, -0.05) is 25.5 Å². The number of carbonyl (C=O) groups excluding carboxylic acids is 1. The van der Waals surface area contributed by atoms with Crippen LogP contribution in [0.2, 0.25) is 0 Å². The first-order valence-corrected chi connectivity index (χ1v) is 9.34. The fourth-order valence-electron chi connectivity index (χ4n) is 2.76. The second-order valence-electron chi connectivity index (χ2n) is 5.92. The molecule has 5 heteroatoms. The molecular formula is C16H23NO3S. The van der Waals surface area contributed by atoms with E-state index in [9.17, 15) is 13.2 Å². The molecule has 1 heterocycles. The van der Waals surface area contributed by atoms with Crippen molar-refractivity contribution >= 4 is 15.6 Å². The zero-order chi connectivity index (χ0) is 15.5. The van der Waals surface area contributed by atoms with Crippen LogP contribution in [0.25, 0.3) is 0 Å². The summed E-state index contributed by atoms with van der Waals surface area (Å²) in [5.41, 5.74) is 0.590. The Kier molecular flexibility index (Phi) is 5.17. The summed E-state index contributed by atoms with van der Waals surface area (Å²) in [5, 5.41) is 0. The second-order valence-corrected chi connectivity index (χ2v) is 7.94. The number of nitrogens with zero attached hydrogens (tertiary/aromatic N) is 1. The highest BCUT2D eigenvalue weighted by Gasteiger charge is 2.20. The molecule has 21 heavy (non-hydrogen) atoms. The van der Waals surface area contributed by atoms with E-state index in [0.29, 0.717) is 5.56 Å². The summed E-state index contributed by atoms with van der Waals surface area (Å²) in [6, 6.07) is 6.25. The van der Waals surface area contributed by atoms with Crippen molar-refractivity contribution in [1.29, 1.82) is 0 Å². The van der Waals surface area contributed by atoms with Gasteiger partial charge in [0.1, 0.15) is 0 Å². The smallest absolute Gasteiger partial charge is 0.175 e. The molecule has 1 aromatic carbocycles. The van der Waals surface area contributed by atoms with Crippen molar-refractivity contribution in [3.8, 4) is 0 Å². The number of sulfone groups is 1. The normalized spacial score (nSPS) is 18.4. The lowest BCUT2D eigenvalue weighted by Crippen LogP contribution is -2.35. The molecule has 1 aliphatic heterocycles. The molecule has 1 atom stereocenters. The van der Waals surface area contributed by atoms with Crippen LogP contribution in [-0.4, -0.2) is 45.0 Å². The van der Waals surface area contributed by atoms with Gasteiger partial charge in [0, 0.05) is 24.3 Å². The fourth-order valence-corrected chi connectivity index (χ4v) is 3.39. The zero-order valence-corrected chi connectivity index (χ0v) is 13.5. The van der Waals surface area contributed by atoms with Crippen LogP contribution in [0.4, 0.5) is 0 Å². The quantitative estimate of drug-likeness (QED) is 0.784. The Morgan fingerprint density at radius 1 is 1.14 bits per heavy atom. The molecule has 0 radical (unpaired) electrons. The van der Waals surface area contributed by atoms with E-state index in [2.05, 4.69) is 4.90 Å². The van der Waals surface area contributed by atoms with Crippen LogP contribution >= 0.6 is 0 Å². The lowest BCUT2D eigenvalue weighted by molar-refractivity contribution is 0.0883. The topological polar surface area (TPSA) is 54.5 Å². The van der Waals surface area contributed by atoms with E-state index in [1.54, 1.807) is 12.1 Å². The predicted molar refractivity (Wildman–Crippen MR) is 83.3 cm³/mol. The fraction of sp³-hybridized carbons (Fsp3) is 0.562. The maximum atomic E-state index is 12.4. The number of piperidine rings is 1. The number of ketones is 1. The van der Waals surface area contributed by atoms with Crippen LogP contribution in [0.5, 0.6) is 0 Å². The van der Waals surface area contributed by atoms with Crippen molar-refractivity contribution < 1.29 is 13.2 Å². The van der Waals surface area contributed by atoms with Crippen LogP contribution < -0.4 is 0 Å². The Bertz CT molecular complexity index is 586. The predicted octanol–water partition coefficient (Wildman–Crippen LogP) is 2.39. The Labute approximate surface area is 127 Å². The minimum atomic E-state index is -3.21. The first-order valence-electron chi connectivity index (χ1n) is 7.44. The van der Waals surface area contributed by atoms with E-state index in [-0.39, 0.29) is 16.6 Å². The summed E-state index contributed by atoms with van der Waals surface area (Å²) in [7, 11) is -3.21. The maximum absolute atomic E-state index is 12.4. The molecule has 1 fully saturated rings. The zero-order valence-electron chi connectivity index (χ0n) is 12.7. The molecule has 0 spiro atoms. The number of likely N-dealkylation sites (tertiary alicyclic amines) is 1. The lowest BCUT2D eigenvalue weighted by atomic mass is 9.98. The summed E-state index contributed by atoms with van der Waals surface area (Å²) < 4.78 is 22.8. The average Bonchev–Trinajstić information content (AvgIpc) is 2.46. The second kappa shape index (κ2) is 6.71. The maximum Gasteiger partial charge on any atom is 0.175 e. The van der Waals surface area contributed by atoms with Gasteiger partial charge in [-0.25, -0.2) is 8.42 Å². The number of rotatable bonds is 5. The number of hydrogen-bond acceptors (Lipinski definition) is 4. The molecule has 0 bridgehead atoms. The molecule has 1 unspecified atom stereocenters. The highest BCUT2D eigenvalue weighted by Crippen LogP contribution is 2.16. The summed E-state index contributed by atoms with van der Waals surface area (Å²) in [6.07, 6.45) is 4.88. The van der Waals surface area contributed by atoms with Gasteiger partial charge in [-0.15, -0.1) is 0 Å². The Morgan fingerprint density at radius 3 is 2.24 bits per heavy atom. The molecule has 1 aliphatic rings. The summed E-state index contributed by atoms with van der Waals surface area (Å²) in [6.45, 7) is 4.88. The van der Waals surface area contributed by atoms with Gasteiger partial charge in [0.25, 0.3) is 0 Å². The molecule has 4 nitrogen and oxygen atoms in total. The molecule has 0 amide bonds. The molecule has 1 aromatic rings. The van der Waals surface area contributed by atoms with Crippen LogP contribution in [-0.2, 0) is 9.84 Å². The van der Waals surface area contributed by atoms with Gasteiger partial charge >= 0.3 is 0 Å². The van der Waals surface area contributed by atoms with Crippen LogP contribution in [0.3, 0.4) is 0 Å². The third-order valence-electron chi connectivity index (χ3n) is 4.00. The summed E-state index contributed by atoms with van der Waals surface area (Å²) in [4.78, 5) is 15.0. The minimum Gasteiger partial charge on any atom is -0.303 e. The van der Waals surface area contributed by atoms with Crippen LogP contribution in [0, 0.1) is 5.92 Å². The monoisotopic (exact) mass is 309 g/mol. The molecule has 0 aromatic heterocycles. The summed E-state index contributed by atoms with van der Waals surface area (Å²) in [5.74, 6) is 0.0211. The van der Waals surface area contributed by atoms with E-state index in [4.69, 9.17) is 0 Å². The van der Waals surface area contributed by atoms with E-state index >= 15 is 0 Å². The van der Waals surface area contributed by atoms with Gasteiger partial charge in [0.15, 0.2) is 15.6 Å². The molecule has 0 saturated carbocycles. The number of benzene rings is 1. The highest BCUT2D eigenvalue weighted by atomic mass is 32.2. The highest BCUT2D eigenvalue weighted by molar-refractivity contribution is 7.90. The van der Waals surface area contributed by atoms with Gasteiger partial charge in [-0.3, -0.25) is 4.79 Å². The van der Waals surface area contributed by atoms with Gasteiger partial charge in [0.05, 0.1) is 4.90 Å². The van der Waals surface area contributed by atoms with Gasteiger partial charge in [-0.2, -0.15) is 0 Å². The molecule has 116 valence electrons. The Balaban J connectivity index is 2.01. The van der Waals surface area contributed by atoms with E-state index in [1.165, 1.54) is 37.7 Å². The third-order valence-corrected chi connectivity index (χ3v) is 5.12. The number of hydrogen-bond donors (Lipinski definition) is 0. The minimum absolute atomic E-state index is 0.0628. The SMILES string of the molecule is CC(CN1CCCCC1)C(=O)c1ccc(S(C)(=O)=O)cc1. The van der Waals surface area contributed by atoms with Crippen molar-refractivity contribution in [1.82, 2.24) is 4.90 Å². The first-order chi connectivity index (χ1) is 9.88. The van der Waals surface area contributed by atoms with E-state index in [1.807, 2.05) is 6.92 Å². The van der Waals surface area contributed by atoms with Crippen molar-refractivity contribution in [3.63, 3.8) is 0 Å². The van der Waals surface area contributed by atoms with E-state index in [0.717, 1.165) is 19.6 Å². The van der Waals surface area contributed by atoms with Crippen LogP contribution in [0.15, 0.2) is 29.2 Å². The molecule has 1 saturated heterocycles. The van der Waals surface area contributed by atoms with Crippen molar-refractivity contribution in [2.45, 2.75) is 31.1 Å². The largest absolute Gasteiger partial charge is 0.303 e. The van der Waals surface area contributed by atoms with Crippen molar-refractivity contribution in [3.05, 3.63) is 29.8 Å². The van der Waals surface area contributed by atoms with Crippen molar-refractivity contribution in [2.24, 2.45) is 5.92 Å². The van der Waals surface area contributed by atoms with Crippen molar-refractivity contribution in [2.75, 3.05) is 25.9 Å². The lowest BCUT2D eigenvalue weighted by Gasteiger charge is -2.28. The molecule has 2 rings (SSSR count).